The van der Waals surface area contributed by atoms with E-state index in [1.807, 2.05) is 4.90 Å². The molecule has 0 aliphatic carbocycles. The molecular formula is C23H28ClN5O6. The molecule has 3 rings (SSSR count). The van der Waals surface area contributed by atoms with Gasteiger partial charge < -0.3 is 34.3 Å². The molecule has 0 N–H and O–H groups in total. The number of aromatic nitrogens is 1. The lowest BCUT2D eigenvalue weighted by Crippen LogP contribution is -2.50. The molecule has 1 saturated heterocycles. The molecule has 0 spiro atoms. The normalized spacial score (nSPS) is 13.9. The van der Waals surface area contributed by atoms with E-state index in [1.165, 1.54) is 13.3 Å². The fourth-order valence-corrected chi connectivity index (χ4v) is 3.93. The molecule has 12 heteroatoms. The van der Waals surface area contributed by atoms with Crippen molar-refractivity contribution >= 4 is 46.5 Å². The quantitative estimate of drug-likeness (QED) is 0.333. The molecule has 1 aromatic heterocycles. The molecule has 1 fully saturated rings. The van der Waals surface area contributed by atoms with E-state index >= 15 is 0 Å². The predicted octanol–water partition coefficient (Wildman–Crippen LogP) is 4.25. The second-order valence-corrected chi connectivity index (χ2v) is 9.34. The number of amides is 1. The lowest BCUT2D eigenvalue weighted by molar-refractivity contribution is -0.388. The monoisotopic (exact) mass is 505 g/mol. The summed E-state index contributed by atoms with van der Waals surface area (Å²) < 4.78 is 10.3. The van der Waals surface area contributed by atoms with Gasteiger partial charge in [-0.25, -0.2) is 9.59 Å². The molecule has 35 heavy (non-hydrogen) atoms. The Bertz CT molecular complexity index is 1130. The number of hydrogen-bond donors (Lipinski definition) is 0. The van der Waals surface area contributed by atoms with E-state index in [0.717, 1.165) is 0 Å². The number of piperazine rings is 1. The van der Waals surface area contributed by atoms with Gasteiger partial charge in [0, 0.05) is 33.2 Å². The standard InChI is InChI=1S/C23H28ClN5O6/c1-23(2,3)35-22(31)28-11-9-27(10-12-28)18-13-15(14-25-20(18)29(32)33)26(4)17-8-6-7-16(24)19(17)21(30)34-5/h6-8,13-14H,9-12H2,1-5H3. The summed E-state index contributed by atoms with van der Waals surface area (Å²) >= 11 is 6.25. The minimum atomic E-state index is -0.612. The van der Waals surface area contributed by atoms with Crippen molar-refractivity contribution in [2.24, 2.45) is 0 Å². The molecule has 0 radical (unpaired) electrons. The van der Waals surface area contributed by atoms with Gasteiger partial charge in [0.05, 0.1) is 23.5 Å². The second kappa shape index (κ2) is 10.3. The Morgan fingerprint density at radius 3 is 2.43 bits per heavy atom. The Morgan fingerprint density at radius 1 is 1.20 bits per heavy atom. The van der Waals surface area contributed by atoms with Gasteiger partial charge in [-0.1, -0.05) is 17.7 Å². The molecule has 0 atom stereocenters. The average molecular weight is 506 g/mol. The summed E-state index contributed by atoms with van der Waals surface area (Å²) in [6.07, 6.45) is 0.940. The van der Waals surface area contributed by atoms with Crippen molar-refractivity contribution in [1.29, 1.82) is 0 Å². The molecule has 2 heterocycles. The lowest BCUT2D eigenvalue weighted by Gasteiger charge is -2.36. The number of nitrogens with zero attached hydrogens (tertiary/aromatic N) is 5. The first-order chi connectivity index (χ1) is 16.4. The van der Waals surface area contributed by atoms with Crippen LogP contribution in [0.3, 0.4) is 0 Å². The first-order valence-corrected chi connectivity index (χ1v) is 11.3. The summed E-state index contributed by atoms with van der Waals surface area (Å²) in [5, 5.41) is 11.9. The number of benzene rings is 1. The second-order valence-electron chi connectivity index (χ2n) is 8.93. The van der Waals surface area contributed by atoms with Gasteiger partial charge in [0.1, 0.15) is 16.9 Å². The molecule has 0 saturated carbocycles. The van der Waals surface area contributed by atoms with Crippen LogP contribution in [0.1, 0.15) is 31.1 Å². The Balaban J connectivity index is 1.90. The molecular weight excluding hydrogens is 478 g/mol. The van der Waals surface area contributed by atoms with Gasteiger partial charge in [0.15, 0.2) is 6.20 Å². The third kappa shape index (κ3) is 5.91. The van der Waals surface area contributed by atoms with Gasteiger partial charge in [-0.15, -0.1) is 0 Å². The molecule has 0 bridgehead atoms. The smallest absolute Gasteiger partial charge is 0.410 e. The Labute approximate surface area is 208 Å². The number of halogens is 1. The highest BCUT2D eigenvalue weighted by Gasteiger charge is 2.30. The summed E-state index contributed by atoms with van der Waals surface area (Å²) in [7, 11) is 2.96. The molecule has 1 aliphatic heterocycles. The number of anilines is 3. The minimum absolute atomic E-state index is 0.171. The van der Waals surface area contributed by atoms with Gasteiger partial charge in [-0.3, -0.25) is 0 Å². The maximum atomic E-state index is 12.4. The van der Waals surface area contributed by atoms with Crippen molar-refractivity contribution in [3.63, 3.8) is 0 Å². The zero-order valence-corrected chi connectivity index (χ0v) is 21.0. The van der Waals surface area contributed by atoms with Crippen molar-refractivity contribution in [3.8, 4) is 0 Å². The van der Waals surface area contributed by atoms with Crippen LogP contribution in [0.15, 0.2) is 30.5 Å². The van der Waals surface area contributed by atoms with E-state index < -0.39 is 22.6 Å². The Morgan fingerprint density at radius 2 is 1.86 bits per heavy atom. The van der Waals surface area contributed by atoms with E-state index in [0.29, 0.717) is 43.2 Å². The Kier molecular flexibility index (Phi) is 7.69. The number of rotatable bonds is 5. The van der Waals surface area contributed by atoms with E-state index in [4.69, 9.17) is 21.1 Å². The van der Waals surface area contributed by atoms with Crippen molar-refractivity contribution in [3.05, 3.63) is 51.2 Å². The number of methoxy groups -OCH3 is 1. The maximum Gasteiger partial charge on any atom is 0.410 e. The molecule has 11 nitrogen and oxygen atoms in total. The van der Waals surface area contributed by atoms with Crippen LogP contribution in [0.2, 0.25) is 5.02 Å². The van der Waals surface area contributed by atoms with E-state index in [9.17, 15) is 19.7 Å². The van der Waals surface area contributed by atoms with E-state index in [-0.39, 0.29) is 16.4 Å². The van der Waals surface area contributed by atoms with Crippen LogP contribution in [0.4, 0.5) is 27.7 Å². The number of esters is 1. The number of ether oxygens (including phenoxy) is 2. The van der Waals surface area contributed by atoms with Crippen LogP contribution in [-0.2, 0) is 9.47 Å². The number of carbonyl (C=O) groups is 2. The van der Waals surface area contributed by atoms with Crippen LogP contribution in [-0.4, -0.2) is 72.8 Å². The fraction of sp³-hybridized carbons (Fsp3) is 0.435. The first kappa shape index (κ1) is 26.0. The summed E-state index contributed by atoms with van der Waals surface area (Å²) in [6, 6.07) is 6.60. The average Bonchev–Trinajstić information content (AvgIpc) is 2.81. The molecule has 1 amide bonds. The largest absolute Gasteiger partial charge is 0.465 e. The number of pyridine rings is 1. The number of carbonyl (C=O) groups excluding carboxylic acids is 2. The van der Waals surface area contributed by atoms with Crippen molar-refractivity contribution in [1.82, 2.24) is 9.88 Å². The molecule has 1 aliphatic rings. The summed E-state index contributed by atoms with van der Waals surface area (Å²) in [5.41, 5.74) is 0.836. The topological polar surface area (TPSA) is 118 Å². The van der Waals surface area contributed by atoms with Crippen LogP contribution >= 0.6 is 11.6 Å². The fourth-order valence-electron chi connectivity index (χ4n) is 3.68. The van der Waals surface area contributed by atoms with Gasteiger partial charge in [-0.2, -0.15) is 0 Å². The van der Waals surface area contributed by atoms with E-state index in [2.05, 4.69) is 4.98 Å². The van der Waals surface area contributed by atoms with Crippen molar-refractivity contribution in [2.75, 3.05) is 50.1 Å². The highest BCUT2D eigenvalue weighted by Crippen LogP contribution is 2.36. The number of nitro groups is 1. The zero-order valence-electron chi connectivity index (χ0n) is 20.3. The van der Waals surface area contributed by atoms with Crippen LogP contribution in [0.25, 0.3) is 0 Å². The first-order valence-electron chi connectivity index (χ1n) is 10.9. The highest BCUT2D eigenvalue weighted by atomic mass is 35.5. The van der Waals surface area contributed by atoms with Crippen LogP contribution in [0.5, 0.6) is 0 Å². The molecule has 188 valence electrons. The van der Waals surface area contributed by atoms with Crippen molar-refractivity contribution < 1.29 is 24.0 Å². The Hall–Kier alpha value is -3.60. The summed E-state index contributed by atoms with van der Waals surface area (Å²) in [5.74, 6) is -0.905. The maximum absolute atomic E-state index is 12.4. The molecule has 1 aromatic carbocycles. The number of hydrogen-bond acceptors (Lipinski definition) is 9. The predicted molar refractivity (Wildman–Crippen MR) is 132 cm³/mol. The molecule has 0 unspecified atom stereocenters. The molecule has 2 aromatic rings. The summed E-state index contributed by atoms with van der Waals surface area (Å²) in [6.45, 7) is 6.79. The van der Waals surface area contributed by atoms with Gasteiger partial charge in [0.25, 0.3) is 0 Å². The van der Waals surface area contributed by atoms with Gasteiger partial charge in [-0.05, 0) is 48.9 Å². The van der Waals surface area contributed by atoms with Crippen LogP contribution < -0.4 is 9.80 Å². The zero-order chi connectivity index (χ0) is 25.9. The van der Waals surface area contributed by atoms with E-state index in [1.54, 1.807) is 61.9 Å². The van der Waals surface area contributed by atoms with Crippen molar-refractivity contribution in [2.45, 2.75) is 26.4 Å². The lowest BCUT2D eigenvalue weighted by atomic mass is 10.1. The minimum Gasteiger partial charge on any atom is -0.465 e. The summed E-state index contributed by atoms with van der Waals surface area (Å²) in [4.78, 5) is 45.0. The third-order valence-corrected chi connectivity index (χ3v) is 5.72. The van der Waals surface area contributed by atoms with Gasteiger partial charge >= 0.3 is 17.9 Å². The third-order valence-electron chi connectivity index (χ3n) is 5.41. The highest BCUT2D eigenvalue weighted by molar-refractivity contribution is 6.34. The SMILES string of the molecule is COC(=O)c1c(Cl)cccc1N(C)c1cnc([N+](=O)[O-])c(N2CCN(C(=O)OC(C)(C)C)CC2)c1. The van der Waals surface area contributed by atoms with Crippen LogP contribution in [0, 0.1) is 10.1 Å². The van der Waals surface area contributed by atoms with Gasteiger partial charge in [0.2, 0.25) is 0 Å².